The zero-order valence-electron chi connectivity index (χ0n) is 11.2. The summed E-state index contributed by atoms with van der Waals surface area (Å²) in [5.41, 5.74) is 0. The summed E-state index contributed by atoms with van der Waals surface area (Å²) >= 11 is 1.59. The van der Waals surface area contributed by atoms with Crippen LogP contribution in [0.4, 0.5) is 0 Å². The van der Waals surface area contributed by atoms with Crippen molar-refractivity contribution in [3.63, 3.8) is 0 Å². The predicted molar refractivity (Wildman–Crippen MR) is 73.2 cm³/mol. The van der Waals surface area contributed by atoms with E-state index in [1.165, 1.54) is 19.3 Å². The third-order valence-electron chi connectivity index (χ3n) is 4.11. The molecule has 2 unspecified atom stereocenters. The van der Waals surface area contributed by atoms with Crippen molar-refractivity contribution in [2.24, 2.45) is 5.92 Å². The van der Waals surface area contributed by atoms with Crippen LogP contribution >= 0.6 is 11.8 Å². The first kappa shape index (κ1) is 13.7. The molecule has 1 aliphatic heterocycles. The third kappa shape index (κ3) is 2.99. The summed E-state index contributed by atoms with van der Waals surface area (Å²) in [5, 5.41) is 0. The van der Waals surface area contributed by atoms with Crippen LogP contribution in [0.3, 0.4) is 0 Å². The van der Waals surface area contributed by atoms with Crippen LogP contribution in [0.25, 0.3) is 0 Å². The monoisotopic (exact) mass is 270 g/mol. The SMILES string of the molecule is CC1CCCCC1N(C)C(=O)CN1CSCC1=O. The second-order valence-electron chi connectivity index (χ2n) is 5.40. The lowest BCUT2D eigenvalue weighted by Crippen LogP contribution is -2.47. The third-order valence-corrected chi connectivity index (χ3v) is 5.05. The summed E-state index contributed by atoms with van der Waals surface area (Å²) in [7, 11) is 1.89. The number of likely N-dealkylation sites (N-methyl/N-ethyl adjacent to an activating group) is 1. The molecular weight excluding hydrogens is 248 g/mol. The van der Waals surface area contributed by atoms with Gasteiger partial charge in [-0.25, -0.2) is 0 Å². The number of thioether (sulfide) groups is 1. The highest BCUT2D eigenvalue weighted by molar-refractivity contribution is 8.00. The number of hydrogen-bond donors (Lipinski definition) is 0. The molecule has 1 saturated heterocycles. The van der Waals surface area contributed by atoms with Gasteiger partial charge in [-0.2, -0.15) is 0 Å². The number of hydrogen-bond acceptors (Lipinski definition) is 3. The van der Waals surface area contributed by atoms with Crippen molar-refractivity contribution >= 4 is 23.6 Å². The van der Waals surface area contributed by atoms with Crippen molar-refractivity contribution in [1.82, 2.24) is 9.80 Å². The van der Waals surface area contributed by atoms with Gasteiger partial charge in [0.2, 0.25) is 11.8 Å². The normalized spacial score (nSPS) is 28.6. The van der Waals surface area contributed by atoms with Crippen LogP contribution < -0.4 is 0 Å². The van der Waals surface area contributed by atoms with Gasteiger partial charge in [0.1, 0.15) is 6.54 Å². The minimum Gasteiger partial charge on any atom is -0.341 e. The number of carbonyl (C=O) groups excluding carboxylic acids is 2. The Kier molecular flexibility index (Phi) is 4.54. The van der Waals surface area contributed by atoms with Crippen LogP contribution in [0.2, 0.25) is 0 Å². The molecular formula is C13H22N2O2S. The number of amides is 2. The second kappa shape index (κ2) is 5.95. The first-order chi connectivity index (χ1) is 8.59. The van der Waals surface area contributed by atoms with E-state index < -0.39 is 0 Å². The molecule has 1 aliphatic carbocycles. The lowest BCUT2D eigenvalue weighted by atomic mass is 9.85. The smallest absolute Gasteiger partial charge is 0.242 e. The molecule has 2 aliphatic rings. The highest BCUT2D eigenvalue weighted by Crippen LogP contribution is 2.27. The van der Waals surface area contributed by atoms with Crippen molar-refractivity contribution in [1.29, 1.82) is 0 Å². The molecule has 18 heavy (non-hydrogen) atoms. The van der Waals surface area contributed by atoms with E-state index in [0.29, 0.717) is 23.6 Å². The van der Waals surface area contributed by atoms with E-state index in [2.05, 4.69) is 6.92 Å². The van der Waals surface area contributed by atoms with Crippen molar-refractivity contribution in [3.8, 4) is 0 Å². The lowest BCUT2D eigenvalue weighted by Gasteiger charge is -2.36. The predicted octanol–water partition coefficient (Wildman–Crippen LogP) is 1.56. The van der Waals surface area contributed by atoms with Gasteiger partial charge in [-0.1, -0.05) is 19.8 Å². The molecule has 4 nitrogen and oxygen atoms in total. The summed E-state index contributed by atoms with van der Waals surface area (Å²) in [4.78, 5) is 27.3. The van der Waals surface area contributed by atoms with Crippen molar-refractivity contribution in [2.45, 2.75) is 38.6 Å². The average Bonchev–Trinajstić information content (AvgIpc) is 2.75. The van der Waals surface area contributed by atoms with Gasteiger partial charge in [0.25, 0.3) is 0 Å². The zero-order valence-corrected chi connectivity index (χ0v) is 12.0. The van der Waals surface area contributed by atoms with E-state index >= 15 is 0 Å². The number of nitrogens with zero attached hydrogens (tertiary/aromatic N) is 2. The minimum absolute atomic E-state index is 0.0876. The Bertz CT molecular complexity index is 335. The maximum absolute atomic E-state index is 12.2. The lowest BCUT2D eigenvalue weighted by molar-refractivity contribution is -0.139. The van der Waals surface area contributed by atoms with Crippen molar-refractivity contribution in [3.05, 3.63) is 0 Å². The summed E-state index contributed by atoms with van der Waals surface area (Å²) in [6.45, 7) is 2.48. The van der Waals surface area contributed by atoms with Crippen LogP contribution in [0, 0.1) is 5.92 Å². The molecule has 2 rings (SSSR count). The summed E-state index contributed by atoms with van der Waals surface area (Å²) in [6.07, 6.45) is 4.80. The number of carbonyl (C=O) groups is 2. The maximum Gasteiger partial charge on any atom is 0.242 e. The van der Waals surface area contributed by atoms with Gasteiger partial charge in [-0.05, 0) is 18.8 Å². The van der Waals surface area contributed by atoms with Crippen LogP contribution in [0.15, 0.2) is 0 Å². The zero-order chi connectivity index (χ0) is 13.1. The molecule has 2 fully saturated rings. The molecule has 0 spiro atoms. The van der Waals surface area contributed by atoms with Gasteiger partial charge in [0.15, 0.2) is 0 Å². The van der Waals surface area contributed by atoms with Crippen molar-refractivity contribution < 1.29 is 9.59 Å². The second-order valence-corrected chi connectivity index (χ2v) is 6.36. The molecule has 5 heteroatoms. The molecule has 0 radical (unpaired) electrons. The highest BCUT2D eigenvalue weighted by atomic mass is 32.2. The highest BCUT2D eigenvalue weighted by Gasteiger charge is 2.30. The van der Waals surface area contributed by atoms with E-state index in [1.54, 1.807) is 16.7 Å². The molecule has 0 N–H and O–H groups in total. The van der Waals surface area contributed by atoms with Gasteiger partial charge in [0, 0.05) is 13.1 Å². The molecule has 2 amide bonds. The maximum atomic E-state index is 12.2. The standard InChI is InChI=1S/C13H22N2O2S/c1-10-5-3-4-6-11(10)14(2)12(16)7-15-9-18-8-13(15)17/h10-11H,3-9H2,1-2H3. The molecule has 0 bridgehead atoms. The first-order valence-electron chi connectivity index (χ1n) is 6.70. The molecule has 2 atom stereocenters. The van der Waals surface area contributed by atoms with Crippen LogP contribution in [0.5, 0.6) is 0 Å². The fraction of sp³-hybridized carbons (Fsp3) is 0.846. The van der Waals surface area contributed by atoms with Gasteiger partial charge >= 0.3 is 0 Å². The minimum atomic E-state index is 0.0876. The Morgan fingerprint density at radius 3 is 2.78 bits per heavy atom. The van der Waals surface area contributed by atoms with Gasteiger partial charge in [-0.3, -0.25) is 9.59 Å². The topological polar surface area (TPSA) is 40.6 Å². The molecule has 0 aromatic rings. The van der Waals surface area contributed by atoms with E-state index in [-0.39, 0.29) is 18.4 Å². The summed E-state index contributed by atoms with van der Waals surface area (Å²) in [5.74, 6) is 1.95. The fourth-order valence-electron chi connectivity index (χ4n) is 2.87. The Morgan fingerprint density at radius 1 is 1.44 bits per heavy atom. The van der Waals surface area contributed by atoms with Crippen LogP contribution in [-0.4, -0.2) is 52.9 Å². The Labute approximate surface area is 113 Å². The van der Waals surface area contributed by atoms with Crippen LogP contribution in [0.1, 0.15) is 32.6 Å². The van der Waals surface area contributed by atoms with Gasteiger partial charge < -0.3 is 9.80 Å². The summed E-state index contributed by atoms with van der Waals surface area (Å²) < 4.78 is 0. The molecule has 102 valence electrons. The Hall–Kier alpha value is -0.710. The van der Waals surface area contributed by atoms with E-state index in [9.17, 15) is 9.59 Å². The quantitative estimate of drug-likeness (QED) is 0.781. The summed E-state index contributed by atoms with van der Waals surface area (Å²) in [6, 6.07) is 0.358. The molecule has 0 aromatic carbocycles. The average molecular weight is 270 g/mol. The molecule has 0 aromatic heterocycles. The van der Waals surface area contributed by atoms with Crippen LogP contribution in [-0.2, 0) is 9.59 Å². The van der Waals surface area contributed by atoms with Crippen molar-refractivity contribution in [2.75, 3.05) is 25.2 Å². The Balaban J connectivity index is 1.89. The van der Waals surface area contributed by atoms with Gasteiger partial charge in [-0.15, -0.1) is 11.8 Å². The molecule has 1 saturated carbocycles. The first-order valence-corrected chi connectivity index (χ1v) is 7.86. The van der Waals surface area contributed by atoms with Gasteiger partial charge in [0.05, 0.1) is 11.6 Å². The van der Waals surface area contributed by atoms with E-state index in [1.807, 2.05) is 11.9 Å². The fourth-order valence-corrected chi connectivity index (χ4v) is 3.78. The van der Waals surface area contributed by atoms with E-state index in [4.69, 9.17) is 0 Å². The van der Waals surface area contributed by atoms with E-state index in [0.717, 1.165) is 6.42 Å². The Morgan fingerprint density at radius 2 is 2.17 bits per heavy atom. The molecule has 1 heterocycles. The largest absolute Gasteiger partial charge is 0.341 e. The number of rotatable bonds is 3.